The molecule has 3 aromatic rings. The molecule has 10 heteroatoms. The summed E-state index contributed by atoms with van der Waals surface area (Å²) in [6.45, 7) is 2.83. The van der Waals surface area contributed by atoms with Crippen molar-refractivity contribution in [1.29, 1.82) is 0 Å². The fraction of sp³-hybridized carbons (Fsp3) is 0.379. The molecule has 2 aromatic carbocycles. The Kier molecular flexibility index (Phi) is 8.42. The summed E-state index contributed by atoms with van der Waals surface area (Å²) in [5.74, 6) is -0.218. The smallest absolute Gasteiger partial charge is 0.387 e. The van der Waals surface area contributed by atoms with Crippen LogP contribution in [0.2, 0.25) is 5.02 Å². The van der Waals surface area contributed by atoms with Crippen LogP contribution < -0.4 is 14.5 Å². The minimum atomic E-state index is -3.04. The molecule has 1 aliphatic heterocycles. The monoisotopic (exact) mass is 561 g/mol. The van der Waals surface area contributed by atoms with Gasteiger partial charge in [-0.15, -0.1) is 0 Å². The molecule has 0 radical (unpaired) electrons. The Hall–Kier alpha value is -3.30. The van der Waals surface area contributed by atoms with Crippen LogP contribution in [0.4, 0.5) is 24.7 Å². The molecular formula is C29H31ClF3N3O3. The summed E-state index contributed by atoms with van der Waals surface area (Å²) in [7, 11) is 1.61. The van der Waals surface area contributed by atoms with Gasteiger partial charge in [0.25, 0.3) is 0 Å². The van der Waals surface area contributed by atoms with Crippen LogP contribution in [0.15, 0.2) is 48.7 Å². The summed E-state index contributed by atoms with van der Waals surface area (Å²) in [4.78, 5) is 22.1. The van der Waals surface area contributed by atoms with E-state index in [2.05, 4.69) is 9.72 Å². The Morgan fingerprint density at radius 1 is 1.23 bits per heavy atom. The lowest BCUT2D eigenvalue weighted by molar-refractivity contribution is -0.122. The van der Waals surface area contributed by atoms with Gasteiger partial charge in [0.15, 0.2) is 0 Å². The Morgan fingerprint density at radius 3 is 2.64 bits per heavy atom. The minimum Gasteiger partial charge on any atom is -0.435 e. The molecule has 1 atom stereocenters. The van der Waals surface area contributed by atoms with Crippen molar-refractivity contribution in [2.45, 2.75) is 51.7 Å². The van der Waals surface area contributed by atoms with Crippen molar-refractivity contribution < 1.29 is 27.8 Å². The van der Waals surface area contributed by atoms with Crippen LogP contribution >= 0.6 is 11.6 Å². The Balaban J connectivity index is 1.78. The van der Waals surface area contributed by atoms with E-state index in [4.69, 9.17) is 11.6 Å². The number of aromatic nitrogens is 1. The summed E-state index contributed by atoms with van der Waals surface area (Å²) in [6, 6.07) is 10.4. The number of aliphatic hydroxyl groups is 1. The maximum Gasteiger partial charge on any atom is 0.387 e. The molecule has 4 rings (SSSR count). The van der Waals surface area contributed by atoms with Gasteiger partial charge in [-0.3, -0.25) is 4.79 Å². The van der Waals surface area contributed by atoms with Crippen molar-refractivity contribution >= 4 is 29.0 Å². The number of ether oxygens (including phenoxy) is 1. The van der Waals surface area contributed by atoms with Gasteiger partial charge in [-0.25, -0.2) is 9.37 Å². The van der Waals surface area contributed by atoms with E-state index in [0.29, 0.717) is 28.2 Å². The predicted octanol–water partition coefficient (Wildman–Crippen LogP) is 6.35. The first-order valence-electron chi connectivity index (χ1n) is 12.6. The van der Waals surface area contributed by atoms with E-state index >= 15 is 0 Å². The van der Waals surface area contributed by atoms with E-state index in [1.54, 1.807) is 46.1 Å². The minimum absolute atomic E-state index is 0.00217. The number of carbonyl (C=O) groups excluding carboxylic acids is 1. The van der Waals surface area contributed by atoms with Gasteiger partial charge in [0, 0.05) is 24.2 Å². The largest absolute Gasteiger partial charge is 0.435 e. The lowest BCUT2D eigenvalue weighted by atomic mass is 9.82. The van der Waals surface area contributed by atoms with E-state index in [9.17, 15) is 23.1 Å². The quantitative estimate of drug-likeness (QED) is 0.347. The molecule has 208 valence electrons. The second-order valence-electron chi connectivity index (χ2n) is 10.2. The first kappa shape index (κ1) is 28.7. The summed E-state index contributed by atoms with van der Waals surface area (Å²) in [6.07, 6.45) is 3.36. The molecule has 1 aliphatic rings. The third-order valence-electron chi connectivity index (χ3n) is 7.25. The number of hydrogen-bond donors (Lipinski definition) is 1. The van der Waals surface area contributed by atoms with Crippen molar-refractivity contribution in [3.05, 3.63) is 70.6 Å². The first-order chi connectivity index (χ1) is 18.4. The van der Waals surface area contributed by atoms with E-state index in [0.717, 1.165) is 24.9 Å². The molecule has 1 N–H and O–H groups in total. The fourth-order valence-electron chi connectivity index (χ4n) is 5.08. The predicted molar refractivity (Wildman–Crippen MR) is 146 cm³/mol. The van der Waals surface area contributed by atoms with Crippen LogP contribution in [0.25, 0.3) is 11.1 Å². The number of aliphatic hydroxyl groups excluding tert-OH is 1. The number of aryl methyl sites for hydroxylation is 1. The van der Waals surface area contributed by atoms with Crippen LogP contribution in [-0.4, -0.2) is 48.9 Å². The topological polar surface area (TPSA) is 65.9 Å². The molecule has 0 saturated carbocycles. The average Bonchev–Trinajstić information content (AvgIpc) is 3.36. The lowest BCUT2D eigenvalue weighted by Gasteiger charge is -2.32. The molecule has 0 unspecified atom stereocenters. The van der Waals surface area contributed by atoms with Gasteiger partial charge in [-0.1, -0.05) is 17.7 Å². The van der Waals surface area contributed by atoms with Gasteiger partial charge in [-0.2, -0.15) is 8.78 Å². The number of anilines is 2. The van der Waals surface area contributed by atoms with Gasteiger partial charge >= 0.3 is 6.61 Å². The summed E-state index contributed by atoms with van der Waals surface area (Å²) < 4.78 is 44.2. The van der Waals surface area contributed by atoms with Crippen LogP contribution in [0.5, 0.6) is 5.75 Å². The van der Waals surface area contributed by atoms with Crippen LogP contribution in [0.3, 0.4) is 0 Å². The third kappa shape index (κ3) is 5.99. The zero-order chi connectivity index (χ0) is 28.5. The van der Waals surface area contributed by atoms with Crippen LogP contribution in [0.1, 0.15) is 37.8 Å². The second-order valence-corrected chi connectivity index (χ2v) is 10.7. The standard InChI is InChI=1S/C29H31ClF3N3O3/c1-17-10-20(31)7-8-23(17)24-14-26(36-9-5-6-21(36)16-37)34-15-25(24)35(4)27(38)29(2,3)18-11-19(30)13-22(12-18)39-28(32)33/h7-8,10-15,21,28,37H,5-6,9,16H2,1-4H3/t21-/m0/s1. The van der Waals surface area contributed by atoms with Crippen molar-refractivity contribution in [2.24, 2.45) is 0 Å². The van der Waals surface area contributed by atoms with Crippen molar-refractivity contribution in [1.82, 2.24) is 4.98 Å². The number of pyridine rings is 1. The number of nitrogens with zero attached hydrogens (tertiary/aromatic N) is 3. The van der Waals surface area contributed by atoms with Gasteiger partial charge in [-0.05, 0) is 86.7 Å². The molecule has 0 spiro atoms. The van der Waals surface area contributed by atoms with E-state index in [-0.39, 0.29) is 35.1 Å². The highest BCUT2D eigenvalue weighted by Crippen LogP contribution is 2.39. The molecule has 1 fully saturated rings. The summed E-state index contributed by atoms with van der Waals surface area (Å²) in [5.41, 5.74) is 1.76. The molecule has 0 aliphatic carbocycles. The number of alkyl halides is 2. The number of hydrogen-bond acceptors (Lipinski definition) is 5. The highest BCUT2D eigenvalue weighted by Gasteiger charge is 2.35. The molecular weight excluding hydrogens is 531 g/mol. The third-order valence-corrected chi connectivity index (χ3v) is 7.47. The number of carbonyl (C=O) groups is 1. The lowest BCUT2D eigenvalue weighted by Crippen LogP contribution is -2.42. The molecule has 0 bridgehead atoms. The van der Waals surface area contributed by atoms with E-state index in [1.165, 1.54) is 29.2 Å². The van der Waals surface area contributed by atoms with Crippen LogP contribution in [-0.2, 0) is 10.2 Å². The summed E-state index contributed by atoms with van der Waals surface area (Å²) >= 11 is 6.17. The highest BCUT2D eigenvalue weighted by atomic mass is 35.5. The first-order valence-corrected chi connectivity index (χ1v) is 13.0. The normalized spacial score (nSPS) is 15.6. The fourth-order valence-corrected chi connectivity index (χ4v) is 5.31. The molecule has 6 nitrogen and oxygen atoms in total. The van der Waals surface area contributed by atoms with Crippen LogP contribution in [0, 0.1) is 12.7 Å². The number of amides is 1. The molecule has 2 heterocycles. The van der Waals surface area contributed by atoms with Crippen molar-refractivity contribution in [3.8, 4) is 16.9 Å². The van der Waals surface area contributed by atoms with Crippen molar-refractivity contribution in [3.63, 3.8) is 0 Å². The van der Waals surface area contributed by atoms with Gasteiger partial charge < -0.3 is 19.6 Å². The second kappa shape index (κ2) is 11.4. The number of benzene rings is 2. The summed E-state index contributed by atoms with van der Waals surface area (Å²) in [5, 5.41) is 9.99. The van der Waals surface area contributed by atoms with E-state index < -0.39 is 12.0 Å². The zero-order valence-corrected chi connectivity index (χ0v) is 23.0. The molecule has 39 heavy (non-hydrogen) atoms. The molecule has 1 saturated heterocycles. The van der Waals surface area contributed by atoms with Crippen molar-refractivity contribution in [2.75, 3.05) is 30.0 Å². The highest BCUT2D eigenvalue weighted by molar-refractivity contribution is 6.30. The maximum atomic E-state index is 14.0. The number of halogens is 4. The maximum absolute atomic E-state index is 14.0. The van der Waals surface area contributed by atoms with E-state index in [1.807, 2.05) is 11.0 Å². The van der Waals surface area contributed by atoms with Gasteiger partial charge in [0.1, 0.15) is 17.4 Å². The number of rotatable bonds is 8. The zero-order valence-electron chi connectivity index (χ0n) is 22.2. The number of likely N-dealkylation sites (N-methyl/N-ethyl adjacent to an activating group) is 1. The Bertz CT molecular complexity index is 1370. The average molecular weight is 562 g/mol. The Labute approximate surface area is 231 Å². The molecule has 1 aromatic heterocycles. The van der Waals surface area contributed by atoms with Gasteiger partial charge in [0.05, 0.1) is 29.9 Å². The molecule has 1 amide bonds. The Morgan fingerprint density at radius 2 is 1.97 bits per heavy atom. The SMILES string of the molecule is Cc1cc(F)ccc1-c1cc(N2CCC[C@H]2CO)ncc1N(C)C(=O)C(C)(C)c1cc(Cl)cc(OC(F)F)c1. The van der Waals surface area contributed by atoms with Gasteiger partial charge in [0.2, 0.25) is 5.91 Å².